The van der Waals surface area contributed by atoms with Gasteiger partial charge in [-0.25, -0.2) is 4.98 Å². The van der Waals surface area contributed by atoms with Crippen molar-refractivity contribution in [2.24, 2.45) is 0 Å². The maximum atomic E-state index is 13.1. The third kappa shape index (κ3) is 3.99. The van der Waals surface area contributed by atoms with Gasteiger partial charge in [0.2, 0.25) is 5.91 Å². The van der Waals surface area contributed by atoms with Crippen molar-refractivity contribution in [3.8, 4) is 0 Å². The van der Waals surface area contributed by atoms with Crippen molar-refractivity contribution in [3.05, 3.63) is 51.8 Å². The van der Waals surface area contributed by atoms with Gasteiger partial charge in [-0.05, 0) is 51.5 Å². The van der Waals surface area contributed by atoms with Gasteiger partial charge in [0.25, 0.3) is 11.6 Å². The average Bonchev–Trinajstić information content (AvgIpc) is 3.02. The van der Waals surface area contributed by atoms with Crippen molar-refractivity contribution in [1.29, 1.82) is 0 Å². The Kier molecular flexibility index (Phi) is 5.65. The van der Waals surface area contributed by atoms with E-state index in [-0.39, 0.29) is 18.4 Å². The minimum absolute atomic E-state index is 0.0888. The topological polar surface area (TPSA) is 88.3 Å². The summed E-state index contributed by atoms with van der Waals surface area (Å²) in [6.45, 7) is 7.51. The molecule has 7 nitrogen and oxygen atoms in total. The number of hydrogen-bond donors (Lipinski definition) is 1. The van der Waals surface area contributed by atoms with Gasteiger partial charge < -0.3 is 14.7 Å². The Morgan fingerprint density at radius 2 is 1.96 bits per heavy atom. The molecule has 0 spiro atoms. The van der Waals surface area contributed by atoms with Gasteiger partial charge in [0.1, 0.15) is 6.54 Å². The van der Waals surface area contributed by atoms with Crippen LogP contribution in [0.1, 0.15) is 34.2 Å². The monoisotopic (exact) mass is 400 g/mol. The van der Waals surface area contributed by atoms with Gasteiger partial charge in [-0.3, -0.25) is 9.59 Å². The molecule has 0 unspecified atom stereocenters. The molecule has 28 heavy (non-hydrogen) atoms. The van der Waals surface area contributed by atoms with Crippen LogP contribution in [0.2, 0.25) is 5.02 Å². The van der Waals surface area contributed by atoms with Crippen molar-refractivity contribution in [2.75, 3.05) is 18.4 Å². The van der Waals surface area contributed by atoms with E-state index >= 15 is 0 Å². The number of fused-ring (bicyclic) bond motifs is 1. The fourth-order valence-corrected chi connectivity index (χ4v) is 3.15. The van der Waals surface area contributed by atoms with Crippen LogP contribution < -0.4 is 5.32 Å². The summed E-state index contributed by atoms with van der Waals surface area (Å²) in [4.78, 5) is 31.4. The molecular formula is C20H21ClN4O3. The minimum Gasteiger partial charge on any atom is -0.336 e. The lowest BCUT2D eigenvalue weighted by atomic mass is 10.1. The smallest absolute Gasteiger partial charge is 0.258 e. The molecule has 0 fully saturated rings. The number of benzene rings is 1. The number of aryl methyl sites for hydroxylation is 3. The standard InChI is InChI=1S/C20H21ClN4O3/c1-5-25(10-17(26)23-16-9-14(21)7-6-11(16)2)20(27)15-8-12(3)22-19-18(15)13(4)24-28-19/h6-9H,5,10H2,1-4H3,(H,23,26). The minimum atomic E-state index is -0.301. The summed E-state index contributed by atoms with van der Waals surface area (Å²) >= 11 is 6.00. The number of aromatic nitrogens is 2. The molecule has 0 saturated carbocycles. The number of halogens is 1. The molecule has 3 rings (SSSR count). The average molecular weight is 401 g/mol. The van der Waals surface area contributed by atoms with Crippen LogP contribution in [0, 0.1) is 20.8 Å². The second-order valence-electron chi connectivity index (χ2n) is 6.59. The van der Waals surface area contributed by atoms with Crippen LogP contribution in [0.4, 0.5) is 5.69 Å². The summed E-state index contributed by atoms with van der Waals surface area (Å²) in [7, 11) is 0. The first kappa shape index (κ1) is 19.8. The number of nitrogens with one attached hydrogen (secondary N) is 1. The molecule has 0 saturated heterocycles. The molecule has 0 radical (unpaired) electrons. The van der Waals surface area contributed by atoms with Crippen LogP contribution in [0.5, 0.6) is 0 Å². The van der Waals surface area contributed by atoms with E-state index in [0.717, 1.165) is 5.56 Å². The zero-order valence-electron chi connectivity index (χ0n) is 16.2. The van der Waals surface area contributed by atoms with Crippen molar-refractivity contribution < 1.29 is 14.1 Å². The molecule has 146 valence electrons. The van der Waals surface area contributed by atoms with E-state index in [2.05, 4.69) is 15.5 Å². The molecule has 3 aromatic rings. The van der Waals surface area contributed by atoms with Crippen molar-refractivity contribution in [1.82, 2.24) is 15.0 Å². The maximum absolute atomic E-state index is 13.1. The second kappa shape index (κ2) is 7.98. The van der Waals surface area contributed by atoms with Gasteiger partial charge in [-0.2, -0.15) is 0 Å². The molecule has 1 aromatic carbocycles. The van der Waals surface area contributed by atoms with Crippen LogP contribution in [0.15, 0.2) is 28.8 Å². The highest BCUT2D eigenvalue weighted by molar-refractivity contribution is 6.31. The fraction of sp³-hybridized carbons (Fsp3) is 0.300. The summed E-state index contributed by atoms with van der Waals surface area (Å²) in [6, 6.07) is 6.96. The van der Waals surface area contributed by atoms with E-state index in [9.17, 15) is 9.59 Å². The van der Waals surface area contributed by atoms with E-state index in [1.165, 1.54) is 4.90 Å². The van der Waals surface area contributed by atoms with Gasteiger partial charge in [0.15, 0.2) is 0 Å². The number of amides is 2. The number of carbonyl (C=O) groups is 2. The quantitative estimate of drug-likeness (QED) is 0.701. The SMILES string of the molecule is CCN(CC(=O)Nc1cc(Cl)ccc1C)C(=O)c1cc(C)nc2onc(C)c12. The van der Waals surface area contributed by atoms with E-state index in [1.807, 2.05) is 19.9 Å². The van der Waals surface area contributed by atoms with Crippen molar-refractivity contribution in [2.45, 2.75) is 27.7 Å². The van der Waals surface area contributed by atoms with Crippen LogP contribution in [0.25, 0.3) is 11.1 Å². The highest BCUT2D eigenvalue weighted by Crippen LogP contribution is 2.24. The lowest BCUT2D eigenvalue weighted by molar-refractivity contribution is -0.116. The lowest BCUT2D eigenvalue weighted by Gasteiger charge is -2.21. The zero-order chi connectivity index (χ0) is 20.4. The van der Waals surface area contributed by atoms with Crippen LogP contribution in [0.3, 0.4) is 0 Å². The number of nitrogens with zero attached hydrogens (tertiary/aromatic N) is 3. The Balaban J connectivity index is 1.84. The highest BCUT2D eigenvalue weighted by Gasteiger charge is 2.23. The Hall–Kier alpha value is -2.93. The molecule has 1 N–H and O–H groups in total. The summed E-state index contributed by atoms with van der Waals surface area (Å²) in [6.07, 6.45) is 0. The summed E-state index contributed by atoms with van der Waals surface area (Å²) in [5, 5.41) is 7.82. The summed E-state index contributed by atoms with van der Waals surface area (Å²) in [5.74, 6) is -0.577. The summed E-state index contributed by atoms with van der Waals surface area (Å²) in [5.41, 5.74) is 3.48. The molecule has 0 aliphatic carbocycles. The Morgan fingerprint density at radius 3 is 2.68 bits per heavy atom. The molecule has 0 aliphatic heterocycles. The fourth-order valence-electron chi connectivity index (χ4n) is 2.98. The van der Waals surface area contributed by atoms with Gasteiger partial charge >= 0.3 is 0 Å². The van der Waals surface area contributed by atoms with E-state index in [4.69, 9.17) is 16.1 Å². The summed E-state index contributed by atoms with van der Waals surface area (Å²) < 4.78 is 5.19. The zero-order valence-corrected chi connectivity index (χ0v) is 16.9. The number of carbonyl (C=O) groups excluding carboxylic acids is 2. The normalized spacial score (nSPS) is 10.9. The number of hydrogen-bond acceptors (Lipinski definition) is 5. The largest absolute Gasteiger partial charge is 0.336 e. The highest BCUT2D eigenvalue weighted by atomic mass is 35.5. The number of anilines is 1. The molecule has 0 atom stereocenters. The maximum Gasteiger partial charge on any atom is 0.258 e. The van der Waals surface area contributed by atoms with Crippen molar-refractivity contribution >= 4 is 40.2 Å². The number of rotatable bonds is 5. The van der Waals surface area contributed by atoms with Gasteiger partial charge in [-0.1, -0.05) is 22.8 Å². The first-order valence-corrected chi connectivity index (χ1v) is 9.26. The number of likely N-dealkylation sites (N-methyl/N-ethyl adjacent to an activating group) is 1. The van der Waals surface area contributed by atoms with Crippen molar-refractivity contribution in [3.63, 3.8) is 0 Å². The Bertz CT molecular complexity index is 1060. The molecule has 2 amide bonds. The Labute approximate surface area is 167 Å². The van der Waals surface area contributed by atoms with Crippen LogP contribution >= 0.6 is 11.6 Å². The third-order valence-electron chi connectivity index (χ3n) is 4.45. The predicted molar refractivity (Wildman–Crippen MR) is 108 cm³/mol. The van der Waals surface area contributed by atoms with E-state index in [1.54, 1.807) is 32.0 Å². The molecular weight excluding hydrogens is 380 g/mol. The van der Waals surface area contributed by atoms with Gasteiger partial charge in [-0.15, -0.1) is 0 Å². The predicted octanol–water partition coefficient (Wildman–Crippen LogP) is 3.90. The van der Waals surface area contributed by atoms with E-state index in [0.29, 0.717) is 45.3 Å². The molecule has 2 aromatic heterocycles. The first-order chi connectivity index (χ1) is 13.3. The third-order valence-corrected chi connectivity index (χ3v) is 4.69. The number of pyridine rings is 1. The Morgan fingerprint density at radius 1 is 1.21 bits per heavy atom. The van der Waals surface area contributed by atoms with Gasteiger partial charge in [0.05, 0.1) is 16.6 Å². The van der Waals surface area contributed by atoms with Crippen LogP contribution in [-0.2, 0) is 4.79 Å². The molecule has 2 heterocycles. The second-order valence-corrected chi connectivity index (χ2v) is 7.02. The first-order valence-electron chi connectivity index (χ1n) is 8.89. The molecule has 8 heteroatoms. The van der Waals surface area contributed by atoms with E-state index < -0.39 is 0 Å². The van der Waals surface area contributed by atoms with Gasteiger partial charge in [0, 0.05) is 22.9 Å². The molecule has 0 aliphatic rings. The lowest BCUT2D eigenvalue weighted by Crippen LogP contribution is -2.38. The molecule has 0 bridgehead atoms. The van der Waals surface area contributed by atoms with Crippen LogP contribution in [-0.4, -0.2) is 39.9 Å².